The zero-order valence-corrected chi connectivity index (χ0v) is 12.4. The second kappa shape index (κ2) is 5.48. The van der Waals surface area contributed by atoms with Crippen molar-refractivity contribution in [3.8, 4) is 0 Å². The molecule has 7 heteroatoms. The standard InChI is InChI=1S/C14H15N3O3S/c1-21-14-15-6-9-11(18)10(13(19)20)7-17(12(9)16-14)8-4-2-3-5-8/h6-8H,2-5H2,1H3,(H,19,20). The van der Waals surface area contributed by atoms with Crippen LogP contribution in [0.1, 0.15) is 42.1 Å². The van der Waals surface area contributed by atoms with Crippen LogP contribution >= 0.6 is 11.8 Å². The largest absolute Gasteiger partial charge is 0.477 e. The molecule has 1 saturated carbocycles. The van der Waals surface area contributed by atoms with Crippen molar-refractivity contribution in [1.82, 2.24) is 14.5 Å². The Morgan fingerprint density at radius 3 is 2.76 bits per heavy atom. The van der Waals surface area contributed by atoms with Crippen LogP contribution in [0.4, 0.5) is 0 Å². The summed E-state index contributed by atoms with van der Waals surface area (Å²) in [6.45, 7) is 0. The Morgan fingerprint density at radius 2 is 2.14 bits per heavy atom. The molecule has 0 saturated heterocycles. The summed E-state index contributed by atoms with van der Waals surface area (Å²) >= 11 is 1.40. The van der Waals surface area contributed by atoms with Crippen molar-refractivity contribution >= 4 is 28.8 Å². The first-order valence-electron chi connectivity index (χ1n) is 6.81. The van der Waals surface area contributed by atoms with Crippen molar-refractivity contribution in [3.05, 3.63) is 28.2 Å². The Hall–Kier alpha value is -1.89. The van der Waals surface area contributed by atoms with Gasteiger partial charge >= 0.3 is 5.97 Å². The van der Waals surface area contributed by atoms with E-state index in [1.807, 2.05) is 10.8 Å². The summed E-state index contributed by atoms with van der Waals surface area (Å²) in [6, 6.07) is 0.204. The number of nitrogens with zero attached hydrogens (tertiary/aromatic N) is 3. The monoisotopic (exact) mass is 305 g/mol. The van der Waals surface area contributed by atoms with E-state index in [1.54, 1.807) is 0 Å². The topological polar surface area (TPSA) is 85.1 Å². The number of hydrogen-bond donors (Lipinski definition) is 1. The molecule has 0 aliphatic heterocycles. The summed E-state index contributed by atoms with van der Waals surface area (Å²) in [5, 5.41) is 10.1. The van der Waals surface area contributed by atoms with Crippen molar-refractivity contribution < 1.29 is 9.90 Å². The lowest BCUT2D eigenvalue weighted by Gasteiger charge is -2.17. The maximum Gasteiger partial charge on any atom is 0.341 e. The Bertz CT molecular complexity index is 766. The van der Waals surface area contributed by atoms with Gasteiger partial charge in [0.05, 0.1) is 5.39 Å². The van der Waals surface area contributed by atoms with Gasteiger partial charge in [0.25, 0.3) is 0 Å². The smallest absolute Gasteiger partial charge is 0.341 e. The first kappa shape index (κ1) is 14.1. The quantitative estimate of drug-likeness (QED) is 0.692. The Balaban J connectivity index is 2.33. The summed E-state index contributed by atoms with van der Waals surface area (Å²) in [5.74, 6) is -1.21. The molecule has 21 heavy (non-hydrogen) atoms. The van der Waals surface area contributed by atoms with Gasteiger partial charge in [0, 0.05) is 18.4 Å². The number of fused-ring (bicyclic) bond motifs is 1. The first-order valence-corrected chi connectivity index (χ1v) is 8.03. The molecular weight excluding hydrogens is 290 g/mol. The van der Waals surface area contributed by atoms with E-state index in [-0.39, 0.29) is 17.0 Å². The van der Waals surface area contributed by atoms with Crippen LogP contribution in [0.25, 0.3) is 11.0 Å². The molecule has 0 radical (unpaired) electrons. The zero-order chi connectivity index (χ0) is 15.0. The van der Waals surface area contributed by atoms with Crippen LogP contribution in [0.15, 0.2) is 22.3 Å². The van der Waals surface area contributed by atoms with Crippen molar-refractivity contribution in [2.45, 2.75) is 36.9 Å². The number of carboxylic acids is 1. The Morgan fingerprint density at radius 1 is 1.43 bits per heavy atom. The molecule has 1 aliphatic rings. The molecule has 2 aromatic heterocycles. The van der Waals surface area contributed by atoms with E-state index in [4.69, 9.17) is 0 Å². The zero-order valence-electron chi connectivity index (χ0n) is 11.6. The van der Waals surface area contributed by atoms with Crippen LogP contribution < -0.4 is 5.43 Å². The van der Waals surface area contributed by atoms with Gasteiger partial charge in [-0.15, -0.1) is 0 Å². The minimum Gasteiger partial charge on any atom is -0.477 e. The summed E-state index contributed by atoms with van der Waals surface area (Å²) in [6.07, 6.45) is 8.94. The van der Waals surface area contributed by atoms with Crippen LogP contribution in [0.3, 0.4) is 0 Å². The molecule has 0 aromatic carbocycles. The third-order valence-corrected chi connectivity index (χ3v) is 4.44. The van der Waals surface area contributed by atoms with Crippen molar-refractivity contribution in [2.75, 3.05) is 6.26 Å². The normalized spacial score (nSPS) is 15.7. The Labute approximate surface area is 125 Å². The molecule has 110 valence electrons. The molecule has 0 spiro atoms. The molecule has 1 N–H and O–H groups in total. The molecule has 0 bridgehead atoms. The molecule has 6 nitrogen and oxygen atoms in total. The first-order chi connectivity index (χ1) is 10.1. The number of thioether (sulfide) groups is 1. The van der Waals surface area contributed by atoms with Crippen LogP contribution in [-0.4, -0.2) is 31.9 Å². The number of rotatable bonds is 3. The van der Waals surface area contributed by atoms with Gasteiger partial charge in [-0.2, -0.15) is 0 Å². The molecule has 0 unspecified atom stereocenters. The fourth-order valence-corrected chi connectivity index (χ4v) is 3.17. The predicted molar refractivity (Wildman–Crippen MR) is 80.0 cm³/mol. The van der Waals surface area contributed by atoms with E-state index in [2.05, 4.69) is 9.97 Å². The maximum absolute atomic E-state index is 12.3. The Kier molecular flexibility index (Phi) is 3.67. The lowest BCUT2D eigenvalue weighted by Crippen LogP contribution is -2.21. The molecule has 1 fully saturated rings. The van der Waals surface area contributed by atoms with Gasteiger partial charge < -0.3 is 9.67 Å². The molecule has 0 atom stereocenters. The summed E-state index contributed by atoms with van der Waals surface area (Å²) < 4.78 is 1.86. The molecule has 0 amide bonds. The van der Waals surface area contributed by atoms with E-state index in [0.29, 0.717) is 10.8 Å². The predicted octanol–water partition coefficient (Wildman–Crippen LogP) is 2.33. The number of carbonyl (C=O) groups is 1. The SMILES string of the molecule is CSc1ncc2c(=O)c(C(=O)O)cn(C3CCCC3)c2n1. The van der Waals surface area contributed by atoms with Crippen LogP contribution in [-0.2, 0) is 0 Å². The highest BCUT2D eigenvalue weighted by molar-refractivity contribution is 7.98. The highest BCUT2D eigenvalue weighted by Crippen LogP contribution is 2.31. The van der Waals surface area contributed by atoms with E-state index in [1.165, 1.54) is 24.2 Å². The van der Waals surface area contributed by atoms with Gasteiger partial charge in [-0.25, -0.2) is 14.8 Å². The molecular formula is C14H15N3O3S. The minimum absolute atomic E-state index is 0.204. The van der Waals surface area contributed by atoms with Gasteiger partial charge in [0.2, 0.25) is 5.43 Å². The van der Waals surface area contributed by atoms with Gasteiger partial charge in [-0.1, -0.05) is 24.6 Å². The number of aromatic nitrogens is 3. The molecule has 2 aromatic rings. The van der Waals surface area contributed by atoms with E-state index >= 15 is 0 Å². The third kappa shape index (κ3) is 2.42. The average Bonchev–Trinajstić information content (AvgIpc) is 3.01. The second-order valence-corrected chi connectivity index (χ2v) is 5.89. The lowest BCUT2D eigenvalue weighted by molar-refractivity contribution is 0.0694. The minimum atomic E-state index is -1.21. The van der Waals surface area contributed by atoms with Crippen LogP contribution in [0, 0.1) is 0 Å². The highest BCUT2D eigenvalue weighted by Gasteiger charge is 2.23. The van der Waals surface area contributed by atoms with Gasteiger partial charge in [0.15, 0.2) is 5.16 Å². The number of hydrogen-bond acceptors (Lipinski definition) is 5. The van der Waals surface area contributed by atoms with Crippen LogP contribution in [0.2, 0.25) is 0 Å². The van der Waals surface area contributed by atoms with E-state index < -0.39 is 11.4 Å². The fraction of sp³-hybridized carbons (Fsp3) is 0.429. The molecule has 1 aliphatic carbocycles. The summed E-state index contributed by atoms with van der Waals surface area (Å²) in [4.78, 5) is 32.1. The lowest BCUT2D eigenvalue weighted by atomic mass is 10.1. The van der Waals surface area contributed by atoms with Gasteiger partial charge in [0.1, 0.15) is 11.2 Å². The third-order valence-electron chi connectivity index (χ3n) is 3.88. The van der Waals surface area contributed by atoms with Gasteiger partial charge in [-0.3, -0.25) is 4.79 Å². The van der Waals surface area contributed by atoms with Crippen molar-refractivity contribution in [1.29, 1.82) is 0 Å². The molecule has 2 heterocycles. The molecule has 3 rings (SSSR count). The second-order valence-electron chi connectivity index (χ2n) is 5.12. The fourth-order valence-electron chi connectivity index (χ4n) is 2.83. The highest BCUT2D eigenvalue weighted by atomic mass is 32.2. The average molecular weight is 305 g/mol. The number of aromatic carboxylic acids is 1. The van der Waals surface area contributed by atoms with Crippen molar-refractivity contribution in [2.24, 2.45) is 0 Å². The number of pyridine rings is 1. The maximum atomic E-state index is 12.3. The van der Waals surface area contributed by atoms with Crippen molar-refractivity contribution in [3.63, 3.8) is 0 Å². The van der Waals surface area contributed by atoms with Gasteiger partial charge in [-0.05, 0) is 19.1 Å². The van der Waals surface area contributed by atoms with Crippen LogP contribution in [0.5, 0.6) is 0 Å². The van der Waals surface area contributed by atoms with E-state index in [0.717, 1.165) is 25.7 Å². The van der Waals surface area contributed by atoms with E-state index in [9.17, 15) is 14.7 Å². The summed E-state index contributed by atoms with van der Waals surface area (Å²) in [5.41, 5.74) is -0.189. The summed E-state index contributed by atoms with van der Waals surface area (Å²) in [7, 11) is 0. The number of carboxylic acid groups (broad SMARTS) is 1.